The number of thioether (sulfide) groups is 1. The number of carbonyl (C=O) groups excluding carboxylic acids is 2. The molecule has 1 aromatic rings. The number of aromatic nitrogens is 1. The van der Waals surface area contributed by atoms with Gasteiger partial charge in [0.2, 0.25) is 0 Å². The summed E-state index contributed by atoms with van der Waals surface area (Å²) in [6, 6.07) is 2.09. The van der Waals surface area contributed by atoms with Crippen molar-refractivity contribution in [1.29, 1.82) is 5.26 Å². The molecule has 0 atom stereocenters. The number of ether oxygens (including phenoxy) is 1. The number of unbranched alkanes of at least 4 members (excludes halogenated alkanes) is 1. The van der Waals surface area contributed by atoms with Crippen molar-refractivity contribution in [2.45, 2.75) is 66.3 Å². The highest BCUT2D eigenvalue weighted by molar-refractivity contribution is 8.26. The van der Waals surface area contributed by atoms with Crippen molar-refractivity contribution in [3.8, 4) is 6.07 Å². The van der Waals surface area contributed by atoms with E-state index in [0.717, 1.165) is 19.3 Å². The van der Waals surface area contributed by atoms with Crippen molar-refractivity contribution in [3.63, 3.8) is 0 Å². The highest BCUT2D eigenvalue weighted by atomic mass is 32.2. The molecule has 0 N–H and O–H groups in total. The van der Waals surface area contributed by atoms with Gasteiger partial charge in [-0.25, -0.2) is 0 Å². The molecule has 8 nitrogen and oxygen atoms in total. The number of nitrogens with zero attached hydrogens (tertiary/aromatic N) is 4. The predicted octanol–water partition coefficient (Wildman–Crippen LogP) is 4.22. The summed E-state index contributed by atoms with van der Waals surface area (Å²) >= 11 is 6.69. The minimum atomic E-state index is -0.318. The Balaban J connectivity index is 2.13. The number of pyridine rings is 1. The van der Waals surface area contributed by atoms with Gasteiger partial charge in [0.05, 0.1) is 17.4 Å². The number of hydrogen-bond donors (Lipinski definition) is 0. The molecule has 36 heavy (non-hydrogen) atoms. The van der Waals surface area contributed by atoms with E-state index >= 15 is 0 Å². The van der Waals surface area contributed by atoms with Crippen LogP contribution >= 0.6 is 24.0 Å². The SMILES string of the molecule is CCCCn1c(N2CCC(C(=O)OCC)CC2)c(/C=C2\SC(=S)N(CCC)C2=O)c(C)c(C#N)c1=O. The zero-order chi connectivity index (χ0) is 26.4. The number of anilines is 1. The lowest BCUT2D eigenvalue weighted by atomic mass is 9.95. The molecular weight excluding hydrogens is 496 g/mol. The number of piperidine rings is 1. The number of hydrogen-bond acceptors (Lipinski definition) is 8. The summed E-state index contributed by atoms with van der Waals surface area (Å²) in [7, 11) is 0. The van der Waals surface area contributed by atoms with Crippen LogP contribution in [0.5, 0.6) is 0 Å². The van der Waals surface area contributed by atoms with Crippen LogP contribution in [0.4, 0.5) is 5.82 Å². The van der Waals surface area contributed by atoms with Gasteiger partial charge in [-0.2, -0.15) is 5.26 Å². The Bertz CT molecular complexity index is 1160. The van der Waals surface area contributed by atoms with E-state index in [-0.39, 0.29) is 28.9 Å². The van der Waals surface area contributed by atoms with Crippen LogP contribution in [0.1, 0.15) is 69.6 Å². The van der Waals surface area contributed by atoms with E-state index < -0.39 is 0 Å². The van der Waals surface area contributed by atoms with Crippen molar-refractivity contribution >= 4 is 52.1 Å². The molecule has 2 fully saturated rings. The van der Waals surface area contributed by atoms with Gasteiger partial charge in [0.1, 0.15) is 21.8 Å². The van der Waals surface area contributed by atoms with Crippen molar-refractivity contribution in [2.24, 2.45) is 5.92 Å². The van der Waals surface area contributed by atoms with Gasteiger partial charge in [0.15, 0.2) is 0 Å². The Morgan fingerprint density at radius 3 is 2.47 bits per heavy atom. The maximum atomic E-state index is 13.4. The van der Waals surface area contributed by atoms with Gasteiger partial charge in [-0.05, 0) is 51.2 Å². The Morgan fingerprint density at radius 1 is 1.19 bits per heavy atom. The predicted molar refractivity (Wildman–Crippen MR) is 147 cm³/mol. The number of esters is 1. The van der Waals surface area contributed by atoms with Crippen molar-refractivity contribution < 1.29 is 14.3 Å². The fraction of sp³-hybridized carbons (Fsp3) is 0.577. The maximum absolute atomic E-state index is 13.4. The van der Waals surface area contributed by atoms with E-state index in [1.807, 2.05) is 6.92 Å². The normalized spacial score (nSPS) is 17.7. The molecule has 1 aromatic heterocycles. The largest absolute Gasteiger partial charge is 0.466 e. The monoisotopic (exact) mass is 530 g/mol. The van der Waals surface area contributed by atoms with Crippen LogP contribution in [0, 0.1) is 24.2 Å². The standard InChI is InChI=1S/C26H34N4O4S2/c1-5-8-12-29-22(28-13-9-18(10-14-28)25(33)34-7-3)19(17(4)20(16-27)23(29)31)15-21-24(32)30(11-6-2)26(35)36-21/h15,18H,5-14H2,1-4H3/b21-15-. The van der Waals surface area contributed by atoms with Crippen LogP contribution in [0.2, 0.25) is 0 Å². The number of rotatable bonds is 9. The fourth-order valence-electron chi connectivity index (χ4n) is 4.64. The lowest BCUT2D eigenvalue weighted by Crippen LogP contribution is -2.41. The van der Waals surface area contributed by atoms with Gasteiger partial charge in [0, 0.05) is 31.7 Å². The van der Waals surface area contributed by atoms with Crippen LogP contribution in [-0.2, 0) is 20.9 Å². The zero-order valence-electron chi connectivity index (χ0n) is 21.5. The molecule has 10 heteroatoms. The van der Waals surface area contributed by atoms with E-state index in [0.29, 0.717) is 71.8 Å². The fourth-order valence-corrected chi connectivity index (χ4v) is 5.93. The molecule has 3 heterocycles. The third-order valence-corrected chi connectivity index (χ3v) is 7.97. The molecule has 0 saturated carbocycles. The number of nitriles is 1. The second kappa shape index (κ2) is 12.5. The third kappa shape index (κ3) is 5.68. The van der Waals surface area contributed by atoms with E-state index in [2.05, 4.69) is 17.9 Å². The Kier molecular flexibility index (Phi) is 9.74. The first-order valence-corrected chi connectivity index (χ1v) is 13.9. The highest BCUT2D eigenvalue weighted by Crippen LogP contribution is 2.37. The number of amides is 1. The van der Waals surface area contributed by atoms with Gasteiger partial charge in [0.25, 0.3) is 11.5 Å². The molecule has 194 valence electrons. The molecule has 0 spiro atoms. The summed E-state index contributed by atoms with van der Waals surface area (Å²) in [5, 5.41) is 9.84. The van der Waals surface area contributed by atoms with Gasteiger partial charge in [-0.3, -0.25) is 23.9 Å². The maximum Gasteiger partial charge on any atom is 0.309 e. The lowest BCUT2D eigenvalue weighted by molar-refractivity contribution is -0.148. The molecule has 0 aliphatic carbocycles. The molecule has 2 saturated heterocycles. The van der Waals surface area contributed by atoms with Gasteiger partial charge in [-0.15, -0.1) is 0 Å². The summed E-state index contributed by atoms with van der Waals surface area (Å²) in [4.78, 5) is 43.0. The van der Waals surface area contributed by atoms with Crippen molar-refractivity contribution in [3.05, 3.63) is 31.9 Å². The third-order valence-electron chi connectivity index (χ3n) is 6.59. The van der Waals surface area contributed by atoms with Crippen molar-refractivity contribution in [1.82, 2.24) is 9.47 Å². The van der Waals surface area contributed by atoms with Crippen LogP contribution < -0.4 is 10.5 Å². The summed E-state index contributed by atoms with van der Waals surface area (Å²) in [6.07, 6.45) is 5.46. The topological polar surface area (TPSA) is 95.6 Å². The molecular formula is C26H34N4O4S2. The average molecular weight is 531 g/mol. The molecule has 0 radical (unpaired) electrons. The Labute approximate surface area is 222 Å². The zero-order valence-corrected chi connectivity index (χ0v) is 23.1. The average Bonchev–Trinajstić information content (AvgIpc) is 3.13. The summed E-state index contributed by atoms with van der Waals surface area (Å²) in [6.45, 7) is 10.1. The van der Waals surface area contributed by atoms with E-state index in [1.165, 1.54) is 11.8 Å². The van der Waals surface area contributed by atoms with Crippen molar-refractivity contribution in [2.75, 3.05) is 31.1 Å². The summed E-state index contributed by atoms with van der Waals surface area (Å²) < 4.78 is 7.41. The molecule has 3 rings (SSSR count). The summed E-state index contributed by atoms with van der Waals surface area (Å²) in [5.74, 6) is 0.192. The Morgan fingerprint density at radius 2 is 1.89 bits per heavy atom. The quantitative estimate of drug-likeness (QED) is 0.266. The second-order valence-corrected chi connectivity index (χ2v) is 10.7. The minimum absolute atomic E-state index is 0.0894. The molecule has 2 aliphatic rings. The van der Waals surface area contributed by atoms with Crippen LogP contribution in [0.25, 0.3) is 6.08 Å². The van der Waals surface area contributed by atoms with Crippen LogP contribution in [0.15, 0.2) is 9.70 Å². The first kappa shape index (κ1) is 27.9. The Hall–Kier alpha value is -2.64. The van der Waals surface area contributed by atoms with Crippen LogP contribution in [0.3, 0.4) is 0 Å². The van der Waals surface area contributed by atoms with Gasteiger partial charge in [-0.1, -0.05) is 44.2 Å². The highest BCUT2D eigenvalue weighted by Gasteiger charge is 2.34. The van der Waals surface area contributed by atoms with E-state index in [1.54, 1.807) is 29.4 Å². The molecule has 0 unspecified atom stereocenters. The molecule has 0 aromatic carbocycles. The molecule has 0 bridgehead atoms. The smallest absolute Gasteiger partial charge is 0.309 e. The van der Waals surface area contributed by atoms with Gasteiger partial charge >= 0.3 is 5.97 Å². The van der Waals surface area contributed by atoms with E-state index in [4.69, 9.17) is 17.0 Å². The molecule has 2 aliphatic heterocycles. The number of thiocarbonyl (C=S) groups is 1. The van der Waals surface area contributed by atoms with Gasteiger partial charge < -0.3 is 9.64 Å². The minimum Gasteiger partial charge on any atom is -0.466 e. The second-order valence-electron chi connectivity index (χ2n) is 9.01. The molecule has 1 amide bonds. The van der Waals surface area contributed by atoms with Crippen LogP contribution in [-0.4, -0.2) is 51.9 Å². The first-order valence-electron chi connectivity index (χ1n) is 12.6. The number of carbonyl (C=O) groups is 2. The lowest BCUT2D eigenvalue weighted by Gasteiger charge is -2.35. The summed E-state index contributed by atoms with van der Waals surface area (Å²) in [5.41, 5.74) is 1.01. The van der Waals surface area contributed by atoms with E-state index in [9.17, 15) is 19.6 Å². The first-order chi connectivity index (χ1) is 17.3.